The zero-order chi connectivity index (χ0) is 12.3. The molecule has 1 fully saturated rings. The van der Waals surface area contributed by atoms with E-state index in [0.29, 0.717) is 12.5 Å². The molecule has 100 valence electrons. The fourth-order valence-electron chi connectivity index (χ4n) is 2.06. The minimum absolute atomic E-state index is 0. The van der Waals surface area contributed by atoms with Crippen LogP contribution in [0.25, 0.3) is 0 Å². The van der Waals surface area contributed by atoms with Crippen molar-refractivity contribution in [2.24, 2.45) is 5.92 Å². The highest BCUT2D eigenvalue weighted by atomic mass is 35.5. The summed E-state index contributed by atoms with van der Waals surface area (Å²) in [7, 11) is 0. The average Bonchev–Trinajstić information content (AvgIpc) is 3.05. The van der Waals surface area contributed by atoms with Crippen LogP contribution in [0.2, 0.25) is 0 Å². The number of nitrogens with one attached hydrogen (secondary N) is 1. The fourth-order valence-corrected chi connectivity index (χ4v) is 2.06. The lowest BCUT2D eigenvalue weighted by Crippen LogP contribution is -2.33. The van der Waals surface area contributed by atoms with Crippen molar-refractivity contribution >= 4 is 24.0 Å². The van der Waals surface area contributed by atoms with Gasteiger partial charge in [-0.1, -0.05) is 25.0 Å². The molecule has 0 heterocycles. The maximum atomic E-state index is 11.8. The molecule has 18 heavy (non-hydrogen) atoms. The van der Waals surface area contributed by atoms with E-state index in [4.69, 9.17) is 5.73 Å². The number of nitrogens with two attached hydrogens (primary N) is 1. The van der Waals surface area contributed by atoms with Gasteiger partial charge in [0.2, 0.25) is 5.91 Å². The Morgan fingerprint density at radius 3 is 2.56 bits per heavy atom. The summed E-state index contributed by atoms with van der Waals surface area (Å²) in [5.74, 6) is 0.949. The third-order valence-corrected chi connectivity index (χ3v) is 3.14. The summed E-state index contributed by atoms with van der Waals surface area (Å²) in [6, 6.07) is 7.76. The molecule has 1 amide bonds. The van der Waals surface area contributed by atoms with Crippen molar-refractivity contribution in [3.63, 3.8) is 0 Å². The first kappa shape index (κ1) is 14.8. The predicted octanol–water partition coefficient (Wildman–Crippen LogP) is 2.54. The first-order valence-electron chi connectivity index (χ1n) is 6.27. The summed E-state index contributed by atoms with van der Waals surface area (Å²) >= 11 is 0. The van der Waals surface area contributed by atoms with E-state index in [0.717, 1.165) is 23.6 Å². The predicted molar refractivity (Wildman–Crippen MR) is 76.8 cm³/mol. The third kappa shape index (κ3) is 4.96. The van der Waals surface area contributed by atoms with Crippen LogP contribution < -0.4 is 11.1 Å². The monoisotopic (exact) mass is 268 g/mol. The number of nitrogen functional groups attached to an aromatic ring is 1. The maximum Gasteiger partial charge on any atom is 0.224 e. The molecule has 1 aromatic carbocycles. The van der Waals surface area contributed by atoms with Crippen LogP contribution >= 0.6 is 12.4 Å². The van der Waals surface area contributed by atoms with Crippen molar-refractivity contribution in [2.75, 3.05) is 5.73 Å². The highest BCUT2D eigenvalue weighted by Gasteiger charge is 2.24. The zero-order valence-corrected chi connectivity index (χ0v) is 11.5. The van der Waals surface area contributed by atoms with Gasteiger partial charge in [-0.15, -0.1) is 12.4 Å². The van der Waals surface area contributed by atoms with Crippen molar-refractivity contribution in [3.05, 3.63) is 29.8 Å². The number of hydrogen-bond acceptors (Lipinski definition) is 2. The van der Waals surface area contributed by atoms with Crippen LogP contribution in [-0.2, 0) is 11.2 Å². The summed E-state index contributed by atoms with van der Waals surface area (Å²) < 4.78 is 0. The first-order valence-corrected chi connectivity index (χ1v) is 6.27. The quantitative estimate of drug-likeness (QED) is 0.807. The second-order valence-corrected chi connectivity index (χ2v) is 5.07. The summed E-state index contributed by atoms with van der Waals surface area (Å²) in [5.41, 5.74) is 7.34. The van der Waals surface area contributed by atoms with Gasteiger partial charge >= 0.3 is 0 Å². The first-order chi connectivity index (χ1) is 8.13. The van der Waals surface area contributed by atoms with Gasteiger partial charge in [0, 0.05) is 11.7 Å². The van der Waals surface area contributed by atoms with Gasteiger partial charge in [0.1, 0.15) is 0 Å². The van der Waals surface area contributed by atoms with Gasteiger partial charge in [0.25, 0.3) is 0 Å². The Morgan fingerprint density at radius 2 is 2.00 bits per heavy atom. The van der Waals surface area contributed by atoms with E-state index in [9.17, 15) is 4.79 Å². The largest absolute Gasteiger partial charge is 0.399 e. The molecule has 1 aliphatic rings. The molecule has 4 heteroatoms. The van der Waals surface area contributed by atoms with Crippen LogP contribution in [0.3, 0.4) is 0 Å². The molecule has 0 aliphatic heterocycles. The van der Waals surface area contributed by atoms with E-state index in [1.807, 2.05) is 24.3 Å². The van der Waals surface area contributed by atoms with E-state index in [-0.39, 0.29) is 18.3 Å². The van der Waals surface area contributed by atoms with Crippen molar-refractivity contribution < 1.29 is 4.79 Å². The number of rotatable bonds is 5. The van der Waals surface area contributed by atoms with E-state index in [1.54, 1.807) is 0 Å². The molecule has 1 aliphatic carbocycles. The summed E-state index contributed by atoms with van der Waals surface area (Å²) in [6.07, 6.45) is 4.22. The average molecular weight is 269 g/mol. The van der Waals surface area contributed by atoms with Crippen LogP contribution in [-0.4, -0.2) is 11.9 Å². The molecule has 0 aromatic heterocycles. The Labute approximate surface area is 115 Å². The van der Waals surface area contributed by atoms with Gasteiger partial charge in [-0.25, -0.2) is 0 Å². The number of hydrogen-bond donors (Lipinski definition) is 2. The molecular formula is C14H21ClN2O. The molecule has 1 saturated carbocycles. The second-order valence-electron chi connectivity index (χ2n) is 5.07. The maximum absolute atomic E-state index is 11.8. The fraction of sp³-hybridized carbons (Fsp3) is 0.500. The van der Waals surface area contributed by atoms with Gasteiger partial charge in [0.05, 0.1) is 6.42 Å². The summed E-state index contributed by atoms with van der Waals surface area (Å²) in [5, 5.41) is 3.04. The lowest BCUT2D eigenvalue weighted by atomic mass is 10.1. The molecule has 3 N–H and O–H groups in total. The standard InChI is InChI=1S/C14H20N2O.ClH/c1-10(8-11-2-3-11)16-14(17)9-12-4-6-13(15)7-5-12;/h4-7,10-11H,2-3,8-9,15H2,1H3,(H,16,17);1H. The Hall–Kier alpha value is -1.22. The smallest absolute Gasteiger partial charge is 0.224 e. The van der Waals surface area contributed by atoms with Crippen LogP contribution in [0.5, 0.6) is 0 Å². The lowest BCUT2D eigenvalue weighted by Gasteiger charge is -2.13. The van der Waals surface area contributed by atoms with Crippen molar-refractivity contribution in [2.45, 2.75) is 38.6 Å². The molecule has 0 radical (unpaired) electrons. The van der Waals surface area contributed by atoms with E-state index in [2.05, 4.69) is 12.2 Å². The van der Waals surface area contributed by atoms with Gasteiger partial charge < -0.3 is 11.1 Å². The lowest BCUT2D eigenvalue weighted by molar-refractivity contribution is -0.121. The van der Waals surface area contributed by atoms with Gasteiger partial charge in [-0.3, -0.25) is 4.79 Å². The minimum Gasteiger partial charge on any atom is -0.399 e. The molecular weight excluding hydrogens is 248 g/mol. The van der Waals surface area contributed by atoms with Crippen LogP contribution in [0, 0.1) is 5.92 Å². The Kier molecular flexibility index (Phi) is 5.48. The number of carbonyl (C=O) groups excluding carboxylic acids is 1. The molecule has 2 rings (SSSR count). The van der Waals surface area contributed by atoms with E-state index in [1.165, 1.54) is 12.8 Å². The number of benzene rings is 1. The molecule has 0 saturated heterocycles. The second kappa shape index (κ2) is 6.64. The number of amides is 1. The summed E-state index contributed by atoms with van der Waals surface area (Å²) in [6.45, 7) is 2.08. The van der Waals surface area contributed by atoms with Gasteiger partial charge in [-0.2, -0.15) is 0 Å². The number of anilines is 1. The molecule has 1 unspecified atom stereocenters. The minimum atomic E-state index is 0. The highest BCUT2D eigenvalue weighted by Crippen LogP contribution is 2.33. The van der Waals surface area contributed by atoms with Crippen LogP contribution in [0.15, 0.2) is 24.3 Å². The molecule has 1 aromatic rings. The van der Waals surface area contributed by atoms with Crippen LogP contribution in [0.1, 0.15) is 31.7 Å². The van der Waals surface area contributed by atoms with E-state index >= 15 is 0 Å². The van der Waals surface area contributed by atoms with Crippen molar-refractivity contribution in [1.29, 1.82) is 0 Å². The Morgan fingerprint density at radius 1 is 1.39 bits per heavy atom. The topological polar surface area (TPSA) is 55.1 Å². The van der Waals surface area contributed by atoms with E-state index < -0.39 is 0 Å². The SMILES string of the molecule is CC(CC1CC1)NC(=O)Cc1ccc(N)cc1.Cl. The molecule has 0 spiro atoms. The Balaban J connectivity index is 0.00000162. The number of carbonyl (C=O) groups is 1. The van der Waals surface area contributed by atoms with Gasteiger partial charge in [0.15, 0.2) is 0 Å². The normalized spacial score (nSPS) is 15.6. The highest BCUT2D eigenvalue weighted by molar-refractivity contribution is 5.85. The number of halogens is 1. The third-order valence-electron chi connectivity index (χ3n) is 3.14. The van der Waals surface area contributed by atoms with Crippen LogP contribution in [0.4, 0.5) is 5.69 Å². The Bertz CT molecular complexity index is 387. The molecule has 3 nitrogen and oxygen atoms in total. The molecule has 0 bridgehead atoms. The van der Waals surface area contributed by atoms with Crippen molar-refractivity contribution in [1.82, 2.24) is 5.32 Å². The summed E-state index contributed by atoms with van der Waals surface area (Å²) in [4.78, 5) is 11.8. The van der Waals surface area contributed by atoms with Crippen molar-refractivity contribution in [3.8, 4) is 0 Å². The van der Waals surface area contributed by atoms with Gasteiger partial charge in [-0.05, 0) is 37.0 Å². The zero-order valence-electron chi connectivity index (χ0n) is 10.7. The molecule has 1 atom stereocenters.